The number of alkyl carbamates (subject to hydrolysis) is 1. The highest BCUT2D eigenvalue weighted by Gasteiger charge is 2.64. The fraction of sp³-hybridized carbons (Fsp3) is 0.533. The van der Waals surface area contributed by atoms with Gasteiger partial charge in [0.1, 0.15) is 66.8 Å². The predicted molar refractivity (Wildman–Crippen MR) is 326 cm³/mol. The minimum atomic E-state index is -2.14. The first-order chi connectivity index (χ1) is 43.1. The number of nitrogens with one attached hydrogen (secondary N) is 3. The summed E-state index contributed by atoms with van der Waals surface area (Å²) in [6.07, 6.45) is -0.960. The Morgan fingerprint density at radius 1 is 0.967 bits per heavy atom. The SMILES string of the molecule is COc1cc2cc(c1Cl)N(C)C(=O)C[C@H](OC(=O)[C@H](C)N(C)C(=O)CCSC(=O)N(C)CCN(C)C(=O)OCc1ccc(NC(=O)OC3/C=C/COCOC3)c(NCC(=O)ON3C(=O)CCC3=O)c1)[C@]1(C)O[C@H]1[C@H](C)[C@@H]1C[C@@](O)(NC(=O)O1)[C@H](O)/C=C/C=C(\C)C2. The lowest BCUT2D eigenvalue weighted by Crippen LogP contribution is -2.63. The number of esters is 1. The maximum absolute atomic E-state index is 14.4. The molecule has 0 spiro atoms. The molecule has 7 rings (SSSR count). The summed E-state index contributed by atoms with van der Waals surface area (Å²) in [4.78, 5) is 141. The monoisotopic (exact) mass is 1310 g/mol. The number of allylic oxidation sites excluding steroid dienone is 3. The van der Waals surface area contributed by atoms with Crippen molar-refractivity contribution >= 4 is 99.5 Å². The number of ether oxygens (including phenoxy) is 8. The summed E-state index contributed by atoms with van der Waals surface area (Å²) >= 11 is 7.63. The first-order valence-electron chi connectivity index (χ1n) is 29.1. The zero-order valence-corrected chi connectivity index (χ0v) is 53.5. The van der Waals surface area contributed by atoms with Gasteiger partial charge in [-0.1, -0.05) is 66.2 Å². The molecule has 0 aliphatic carbocycles. The number of anilines is 3. The lowest BCUT2D eigenvalue weighted by molar-refractivity contribution is -0.196. The summed E-state index contributed by atoms with van der Waals surface area (Å²) in [5.41, 5.74) is -1.02. The summed E-state index contributed by atoms with van der Waals surface area (Å²) in [6.45, 7) is 6.10. The van der Waals surface area contributed by atoms with E-state index in [0.29, 0.717) is 28.3 Å². The van der Waals surface area contributed by atoms with Gasteiger partial charge in [0.25, 0.3) is 17.1 Å². The molecule has 3 saturated heterocycles. The van der Waals surface area contributed by atoms with E-state index in [0.717, 1.165) is 22.2 Å². The molecule has 8 amide bonds. The normalized spacial score (nSPS) is 25.9. The van der Waals surface area contributed by atoms with E-state index in [4.69, 9.17) is 54.3 Å². The predicted octanol–water partition coefficient (Wildman–Crippen LogP) is 4.80. The number of aliphatic hydroxyl groups is 2. The van der Waals surface area contributed by atoms with E-state index in [1.807, 2.05) is 6.92 Å². The maximum Gasteiger partial charge on any atom is 0.412 e. The molecular formula is C60H77ClN8O21S. The topological polar surface area (TPSA) is 350 Å². The summed E-state index contributed by atoms with van der Waals surface area (Å²) in [6, 6.07) is 6.69. The van der Waals surface area contributed by atoms with Gasteiger partial charge in [0.15, 0.2) is 5.72 Å². The number of methoxy groups -OCH3 is 1. The highest BCUT2D eigenvalue weighted by molar-refractivity contribution is 8.13. The molecule has 0 saturated carbocycles. The van der Waals surface area contributed by atoms with E-state index < -0.39 is 126 Å². The molecule has 1 unspecified atom stereocenters. The Kier molecular flexibility index (Phi) is 24.3. The molecule has 0 radical (unpaired) electrons. The van der Waals surface area contributed by atoms with Gasteiger partial charge in [0, 0.05) is 78.6 Å². The highest BCUT2D eigenvalue weighted by atomic mass is 35.5. The number of aliphatic hydroxyl groups excluding tert-OH is 1. The standard InChI is InChI=1S/C60H77ClN8O21S/c1-34-12-10-14-45(70)60(81)29-44(87-56(78)64-60)35(2)53-59(4,89-53)46(28-50(74)68(8)42-26-38(24-34)27-43(82-9)52(42)61)88-54(76)36(3)67(7)47(71)19-23-91-58(80)66(6)21-20-65(5)57(79)85-31-37-15-16-40(63-55(77)86-39-13-11-22-83-33-84-32-39)41(25-37)62-30-51(75)90-69-48(72)17-18-49(69)73/h10-16,25-27,35-36,39,44-46,53,62,70,81H,17-24,28-33H2,1-9H3,(H,63,77)(H,64,78)/b13-11+,14-10+,34-12+/t35-,36+,39?,44+,45-,46+,53+,59+,60+/m1/s1. The fourth-order valence-electron chi connectivity index (χ4n) is 10.1. The molecule has 496 valence electrons. The Bertz CT molecular complexity index is 3170. The number of fused-ring (bicyclic) bond motifs is 5. The molecule has 29 nitrogen and oxygen atoms in total. The number of rotatable bonds is 18. The number of imide groups is 1. The number of nitrogens with zero attached hydrogens (tertiary/aromatic N) is 5. The molecule has 5 N–H and O–H groups in total. The Balaban J connectivity index is 0.920. The van der Waals surface area contributed by atoms with Crippen LogP contribution in [0.2, 0.25) is 5.02 Å². The highest BCUT2D eigenvalue weighted by Crippen LogP contribution is 2.49. The number of likely N-dealkylation sites (N-methyl/N-ethyl adjacent to an activating group) is 3. The van der Waals surface area contributed by atoms with Crippen molar-refractivity contribution in [2.45, 2.75) is 121 Å². The van der Waals surface area contributed by atoms with Crippen LogP contribution in [0.15, 0.2) is 66.3 Å². The van der Waals surface area contributed by atoms with E-state index in [9.17, 15) is 58.2 Å². The number of epoxide rings is 1. The van der Waals surface area contributed by atoms with Crippen molar-refractivity contribution in [3.8, 4) is 5.75 Å². The molecule has 5 heterocycles. The molecule has 5 aliphatic rings. The number of halogens is 1. The summed E-state index contributed by atoms with van der Waals surface area (Å²) in [5, 5.41) is 30.6. The summed E-state index contributed by atoms with van der Waals surface area (Å²) in [5.74, 6) is -4.69. The first-order valence-corrected chi connectivity index (χ1v) is 30.5. The third-order valence-electron chi connectivity index (χ3n) is 15.8. The second-order valence-electron chi connectivity index (χ2n) is 22.6. The average Bonchev–Trinajstić information content (AvgIpc) is 1.59. The Morgan fingerprint density at radius 3 is 2.42 bits per heavy atom. The minimum Gasteiger partial charge on any atom is -0.495 e. The Morgan fingerprint density at radius 2 is 1.69 bits per heavy atom. The molecular weight excluding hydrogens is 1240 g/mol. The van der Waals surface area contributed by atoms with Crippen LogP contribution in [0, 0.1) is 5.92 Å². The van der Waals surface area contributed by atoms with Crippen LogP contribution in [0.4, 0.5) is 36.2 Å². The Labute approximate surface area is 534 Å². The van der Waals surface area contributed by atoms with Crippen LogP contribution in [-0.4, -0.2) is 218 Å². The van der Waals surface area contributed by atoms with Crippen LogP contribution < -0.4 is 25.6 Å². The van der Waals surface area contributed by atoms with Gasteiger partial charge in [-0.3, -0.25) is 34.6 Å². The van der Waals surface area contributed by atoms with Crippen LogP contribution in [0.3, 0.4) is 0 Å². The van der Waals surface area contributed by atoms with Crippen LogP contribution in [-0.2, 0) is 79.8 Å². The fourth-order valence-corrected chi connectivity index (χ4v) is 11.1. The van der Waals surface area contributed by atoms with Crippen LogP contribution in [0.25, 0.3) is 0 Å². The van der Waals surface area contributed by atoms with Crippen molar-refractivity contribution in [2.75, 3.05) is 96.2 Å². The number of benzene rings is 2. The second kappa shape index (κ2) is 31.4. The van der Waals surface area contributed by atoms with Gasteiger partial charge < -0.3 is 77.9 Å². The molecule has 3 fully saturated rings. The second-order valence-corrected chi connectivity index (χ2v) is 24.0. The third-order valence-corrected chi connectivity index (χ3v) is 17.2. The van der Waals surface area contributed by atoms with Gasteiger partial charge in [0.2, 0.25) is 11.8 Å². The van der Waals surface area contributed by atoms with E-state index >= 15 is 0 Å². The molecule has 4 bridgehead atoms. The molecule has 0 aromatic heterocycles. The van der Waals surface area contributed by atoms with Crippen molar-refractivity contribution in [1.82, 2.24) is 25.1 Å². The number of thioether (sulfide) groups is 1. The summed E-state index contributed by atoms with van der Waals surface area (Å²) in [7, 11) is 7.29. The molecule has 31 heteroatoms. The van der Waals surface area contributed by atoms with Gasteiger partial charge in [0.05, 0.1) is 49.9 Å². The van der Waals surface area contributed by atoms with E-state index in [1.54, 1.807) is 50.3 Å². The zero-order valence-electron chi connectivity index (χ0n) is 51.9. The minimum absolute atomic E-state index is 0.00299. The number of hydrogen-bond donors (Lipinski definition) is 5. The molecule has 9 atom stereocenters. The van der Waals surface area contributed by atoms with Crippen molar-refractivity contribution in [3.05, 3.63) is 82.4 Å². The third kappa shape index (κ3) is 18.6. The number of hydrogen-bond acceptors (Lipinski definition) is 23. The number of amides is 8. The smallest absolute Gasteiger partial charge is 0.412 e. The maximum atomic E-state index is 14.4. The lowest BCUT2D eigenvalue weighted by atomic mass is 9.83. The first kappa shape index (κ1) is 70.5. The molecule has 2 aromatic carbocycles. The molecule has 2 aromatic rings. The quantitative estimate of drug-likeness (QED) is 0.0440. The zero-order chi connectivity index (χ0) is 66.5. The van der Waals surface area contributed by atoms with E-state index in [2.05, 4.69) is 16.0 Å². The van der Waals surface area contributed by atoms with E-state index in [1.165, 1.54) is 81.2 Å². The van der Waals surface area contributed by atoms with E-state index in [-0.39, 0.29) is 93.3 Å². The van der Waals surface area contributed by atoms with Crippen LogP contribution >= 0.6 is 23.4 Å². The summed E-state index contributed by atoms with van der Waals surface area (Å²) < 4.78 is 45.0. The lowest BCUT2D eigenvalue weighted by Gasteiger charge is -2.41. The van der Waals surface area contributed by atoms with Gasteiger partial charge >= 0.3 is 30.2 Å². The molecule has 91 heavy (non-hydrogen) atoms. The van der Waals surface area contributed by atoms with Gasteiger partial charge in [-0.05, 0) is 68.7 Å². The number of carbonyl (C=O) groups excluding carboxylic acids is 10. The van der Waals surface area contributed by atoms with Crippen molar-refractivity contribution in [1.29, 1.82) is 0 Å². The largest absolute Gasteiger partial charge is 0.495 e. The average molecular weight is 1310 g/mol. The van der Waals surface area contributed by atoms with Gasteiger partial charge in [-0.2, -0.15) is 0 Å². The number of carbonyl (C=O) groups is 10. The van der Waals surface area contributed by atoms with Crippen molar-refractivity contribution in [3.63, 3.8) is 0 Å². The Hall–Kier alpha value is -8.00. The van der Waals surface area contributed by atoms with Crippen LogP contribution in [0.1, 0.15) is 70.9 Å². The van der Waals surface area contributed by atoms with Crippen LogP contribution in [0.5, 0.6) is 5.75 Å². The van der Waals surface area contributed by atoms with Crippen molar-refractivity contribution < 1.29 is 101 Å². The van der Waals surface area contributed by atoms with Crippen molar-refractivity contribution in [2.24, 2.45) is 5.92 Å². The van der Waals surface area contributed by atoms with Gasteiger partial charge in [-0.25, -0.2) is 24.0 Å². The molecule has 5 aliphatic heterocycles. The number of hydroxylamine groups is 2. The van der Waals surface area contributed by atoms with Gasteiger partial charge in [-0.15, -0.1) is 5.06 Å².